The summed E-state index contributed by atoms with van der Waals surface area (Å²) in [6, 6.07) is 7.03. The average Bonchev–Trinajstić information content (AvgIpc) is 2.53. The molecule has 0 aliphatic heterocycles. The van der Waals surface area contributed by atoms with Gasteiger partial charge in [-0.25, -0.2) is 5.43 Å². The highest BCUT2D eigenvalue weighted by atomic mass is 35.5. The lowest BCUT2D eigenvalue weighted by atomic mass is 9.85. The van der Waals surface area contributed by atoms with Crippen molar-refractivity contribution in [1.29, 1.82) is 0 Å². The molecule has 122 valence electrons. The van der Waals surface area contributed by atoms with Crippen LogP contribution >= 0.6 is 11.6 Å². The fraction of sp³-hybridized carbons (Fsp3) is 0.333. The van der Waals surface area contributed by atoms with Crippen LogP contribution in [0.15, 0.2) is 53.2 Å². The maximum atomic E-state index is 11.9. The summed E-state index contributed by atoms with van der Waals surface area (Å²) in [5.41, 5.74) is 5.65. The third-order valence-electron chi connectivity index (χ3n) is 3.81. The number of para-hydroxylation sites is 1. The van der Waals surface area contributed by atoms with Gasteiger partial charge in [0.25, 0.3) is 5.91 Å². The number of allylic oxidation sites excluding steroid dienone is 3. The zero-order valence-corrected chi connectivity index (χ0v) is 14.2. The van der Waals surface area contributed by atoms with E-state index in [1.54, 1.807) is 24.3 Å². The quantitative estimate of drug-likeness (QED) is 0.651. The average molecular weight is 333 g/mol. The van der Waals surface area contributed by atoms with Crippen molar-refractivity contribution in [2.75, 3.05) is 6.61 Å². The van der Waals surface area contributed by atoms with E-state index in [1.807, 2.05) is 13.8 Å². The summed E-state index contributed by atoms with van der Waals surface area (Å²) in [4.78, 5) is 11.9. The van der Waals surface area contributed by atoms with Gasteiger partial charge in [0.15, 0.2) is 6.61 Å². The topological polar surface area (TPSA) is 50.7 Å². The predicted octanol–water partition coefficient (Wildman–Crippen LogP) is 4.12. The molecule has 0 saturated heterocycles. The first kappa shape index (κ1) is 17.3. The molecule has 1 aromatic rings. The Balaban J connectivity index is 1.90. The Hall–Kier alpha value is -2.07. The molecule has 1 N–H and O–H groups in total. The molecule has 0 bridgehead atoms. The summed E-state index contributed by atoms with van der Waals surface area (Å²) in [6.07, 6.45) is 3.90. The smallest absolute Gasteiger partial charge is 0.277 e. The molecule has 0 saturated carbocycles. The van der Waals surface area contributed by atoms with Crippen molar-refractivity contribution in [2.24, 2.45) is 11.0 Å². The van der Waals surface area contributed by atoms with Gasteiger partial charge in [0.1, 0.15) is 5.75 Å². The molecule has 0 radical (unpaired) electrons. The molecule has 2 rings (SSSR count). The van der Waals surface area contributed by atoms with E-state index >= 15 is 0 Å². The number of nitrogens with one attached hydrogen (secondary N) is 1. The van der Waals surface area contributed by atoms with E-state index in [1.165, 1.54) is 0 Å². The van der Waals surface area contributed by atoms with Crippen molar-refractivity contribution in [1.82, 2.24) is 5.43 Å². The molecule has 0 unspecified atom stereocenters. The third-order valence-corrected chi connectivity index (χ3v) is 4.12. The molecular formula is C18H21ClN2O2. The van der Waals surface area contributed by atoms with E-state index in [0.29, 0.717) is 16.7 Å². The van der Waals surface area contributed by atoms with E-state index in [0.717, 1.165) is 29.7 Å². The molecular weight excluding hydrogens is 312 g/mol. The first-order chi connectivity index (χ1) is 11.0. The van der Waals surface area contributed by atoms with Crippen LogP contribution in [0.25, 0.3) is 0 Å². The number of halogens is 1. The van der Waals surface area contributed by atoms with Crippen LogP contribution in [0.1, 0.15) is 26.7 Å². The van der Waals surface area contributed by atoms with Crippen molar-refractivity contribution in [3.63, 3.8) is 0 Å². The highest BCUT2D eigenvalue weighted by molar-refractivity contribution is 6.32. The Morgan fingerprint density at radius 3 is 2.91 bits per heavy atom. The van der Waals surface area contributed by atoms with Crippen LogP contribution in [0.3, 0.4) is 0 Å². The number of hydrogen-bond acceptors (Lipinski definition) is 3. The van der Waals surface area contributed by atoms with Crippen LogP contribution in [-0.2, 0) is 4.79 Å². The minimum absolute atomic E-state index is 0.132. The minimum Gasteiger partial charge on any atom is -0.482 e. The Labute approximate surface area is 141 Å². The van der Waals surface area contributed by atoms with Crippen molar-refractivity contribution in [3.05, 3.63) is 53.1 Å². The standard InChI is InChI=1S/C18H21ClN2O2/c1-12(2)14-9-8-13(3)16(10-14)20-21-18(22)11-23-17-7-5-4-6-15(17)19/h4-8,14H,1,9-11H2,2-3H3,(H,21,22)/b20-16-/t14-/m0/s1. The number of hydrazone groups is 1. The molecule has 0 spiro atoms. The first-order valence-corrected chi connectivity index (χ1v) is 7.90. The number of ether oxygens (including phenoxy) is 1. The van der Waals surface area contributed by atoms with Gasteiger partial charge >= 0.3 is 0 Å². The van der Waals surface area contributed by atoms with Gasteiger partial charge in [-0.2, -0.15) is 5.10 Å². The van der Waals surface area contributed by atoms with Crippen LogP contribution in [-0.4, -0.2) is 18.2 Å². The Bertz CT molecular complexity index is 665. The summed E-state index contributed by atoms with van der Waals surface area (Å²) in [7, 11) is 0. The molecule has 0 heterocycles. The van der Waals surface area contributed by atoms with Gasteiger partial charge in [-0.3, -0.25) is 4.79 Å². The molecule has 1 aliphatic carbocycles. The second kappa shape index (κ2) is 7.97. The Kier molecular flexibility index (Phi) is 5.99. The summed E-state index contributed by atoms with van der Waals surface area (Å²) in [5, 5.41) is 4.70. The number of hydrogen-bond donors (Lipinski definition) is 1. The summed E-state index contributed by atoms with van der Waals surface area (Å²) < 4.78 is 5.38. The van der Waals surface area contributed by atoms with E-state index in [4.69, 9.17) is 16.3 Å². The van der Waals surface area contributed by atoms with Gasteiger partial charge in [-0.15, -0.1) is 0 Å². The van der Waals surface area contributed by atoms with Crippen molar-refractivity contribution < 1.29 is 9.53 Å². The van der Waals surface area contributed by atoms with Crippen LogP contribution in [0, 0.1) is 5.92 Å². The van der Waals surface area contributed by atoms with E-state index in [2.05, 4.69) is 23.2 Å². The zero-order valence-electron chi connectivity index (χ0n) is 13.4. The molecule has 1 amide bonds. The molecule has 0 aromatic heterocycles. The van der Waals surface area contributed by atoms with Crippen molar-refractivity contribution in [2.45, 2.75) is 26.7 Å². The van der Waals surface area contributed by atoms with Gasteiger partial charge in [0.2, 0.25) is 0 Å². The first-order valence-electron chi connectivity index (χ1n) is 7.52. The third kappa shape index (κ3) is 4.96. The van der Waals surface area contributed by atoms with Crippen LogP contribution in [0.4, 0.5) is 0 Å². The number of rotatable bonds is 5. The molecule has 0 fully saturated rings. The number of carbonyl (C=O) groups is 1. The minimum atomic E-state index is -0.317. The zero-order chi connectivity index (χ0) is 16.8. The van der Waals surface area contributed by atoms with Crippen molar-refractivity contribution in [3.8, 4) is 5.75 Å². The molecule has 1 atom stereocenters. The number of nitrogens with zero attached hydrogens (tertiary/aromatic N) is 1. The van der Waals surface area contributed by atoms with Gasteiger partial charge in [0, 0.05) is 0 Å². The predicted molar refractivity (Wildman–Crippen MR) is 93.8 cm³/mol. The van der Waals surface area contributed by atoms with Crippen molar-refractivity contribution >= 4 is 23.2 Å². The lowest BCUT2D eigenvalue weighted by molar-refractivity contribution is -0.123. The van der Waals surface area contributed by atoms with Crippen LogP contribution < -0.4 is 10.2 Å². The number of benzene rings is 1. The van der Waals surface area contributed by atoms with Gasteiger partial charge < -0.3 is 4.74 Å². The molecule has 1 aromatic carbocycles. The summed E-state index contributed by atoms with van der Waals surface area (Å²) in [5.74, 6) is 0.546. The Morgan fingerprint density at radius 1 is 1.48 bits per heavy atom. The van der Waals surface area contributed by atoms with Crippen LogP contribution in [0.2, 0.25) is 5.02 Å². The van der Waals surface area contributed by atoms with Gasteiger partial charge in [0.05, 0.1) is 10.7 Å². The second-order valence-electron chi connectivity index (χ2n) is 5.68. The van der Waals surface area contributed by atoms with Crippen LogP contribution in [0.5, 0.6) is 5.75 Å². The monoisotopic (exact) mass is 332 g/mol. The number of carbonyl (C=O) groups excluding carboxylic acids is 1. The van der Waals surface area contributed by atoms with Gasteiger partial charge in [-0.1, -0.05) is 42.0 Å². The normalized spacial score (nSPS) is 19.2. The lowest BCUT2D eigenvalue weighted by Gasteiger charge is -2.22. The molecule has 1 aliphatic rings. The highest BCUT2D eigenvalue weighted by Gasteiger charge is 2.18. The Morgan fingerprint density at radius 2 is 2.22 bits per heavy atom. The molecule has 4 nitrogen and oxygen atoms in total. The summed E-state index contributed by atoms with van der Waals surface area (Å²) >= 11 is 5.97. The largest absolute Gasteiger partial charge is 0.482 e. The fourth-order valence-electron chi connectivity index (χ4n) is 2.29. The summed E-state index contributed by atoms with van der Waals surface area (Å²) in [6.45, 7) is 7.89. The van der Waals surface area contributed by atoms with E-state index in [-0.39, 0.29) is 12.5 Å². The number of amides is 1. The highest BCUT2D eigenvalue weighted by Crippen LogP contribution is 2.26. The molecule has 23 heavy (non-hydrogen) atoms. The fourth-order valence-corrected chi connectivity index (χ4v) is 2.48. The SMILES string of the molecule is C=C(C)[C@H]1CC=C(C)/C(=N\NC(=O)COc2ccccc2Cl)C1. The maximum Gasteiger partial charge on any atom is 0.277 e. The lowest BCUT2D eigenvalue weighted by Crippen LogP contribution is -2.27. The van der Waals surface area contributed by atoms with E-state index < -0.39 is 0 Å². The molecule has 5 heteroatoms. The van der Waals surface area contributed by atoms with E-state index in [9.17, 15) is 4.79 Å². The van der Waals surface area contributed by atoms with Gasteiger partial charge in [-0.05, 0) is 50.3 Å². The second-order valence-corrected chi connectivity index (χ2v) is 6.09. The maximum absolute atomic E-state index is 11.9.